The molecule has 168 valence electrons. The second kappa shape index (κ2) is 8.08. The molecule has 3 aromatic rings. The number of ketones is 2. The summed E-state index contributed by atoms with van der Waals surface area (Å²) in [6.07, 6.45) is 2.10. The molecule has 7 heteroatoms. The van der Waals surface area contributed by atoms with Crippen molar-refractivity contribution >= 4 is 34.1 Å². The smallest absolute Gasteiger partial charge is 0.324 e. The van der Waals surface area contributed by atoms with E-state index in [0.717, 1.165) is 35.9 Å². The molecule has 0 saturated heterocycles. The summed E-state index contributed by atoms with van der Waals surface area (Å²) in [4.78, 5) is 42.9. The van der Waals surface area contributed by atoms with Crippen molar-refractivity contribution in [1.29, 1.82) is 0 Å². The maximum absolute atomic E-state index is 13.1. The zero-order chi connectivity index (χ0) is 23.2. The highest BCUT2D eigenvalue weighted by Gasteiger charge is 2.53. The van der Waals surface area contributed by atoms with Gasteiger partial charge in [0.2, 0.25) is 11.6 Å². The van der Waals surface area contributed by atoms with Crippen LogP contribution in [0.3, 0.4) is 0 Å². The van der Waals surface area contributed by atoms with E-state index >= 15 is 0 Å². The van der Waals surface area contributed by atoms with Crippen LogP contribution in [0.5, 0.6) is 0 Å². The molecule has 33 heavy (non-hydrogen) atoms. The van der Waals surface area contributed by atoms with E-state index in [-0.39, 0.29) is 17.7 Å². The number of nitrogens with two attached hydrogens (primary N) is 1. The van der Waals surface area contributed by atoms with Crippen molar-refractivity contribution in [3.63, 3.8) is 0 Å². The third-order valence-corrected chi connectivity index (χ3v) is 7.12. The molecule has 2 aliphatic rings. The van der Waals surface area contributed by atoms with E-state index in [1.54, 1.807) is 18.2 Å². The molecule has 1 saturated carbocycles. The monoisotopic (exact) mass is 443 g/mol. The van der Waals surface area contributed by atoms with Crippen molar-refractivity contribution in [2.24, 2.45) is 11.7 Å². The fourth-order valence-corrected chi connectivity index (χ4v) is 5.56. The fraction of sp³-hybridized carbons (Fsp3) is 0.308. The van der Waals surface area contributed by atoms with Gasteiger partial charge >= 0.3 is 5.97 Å². The standard InChI is InChI=1S/C26H25N3O4/c27-26(25(32)33,23-16-7-2-4-10-19(16)29-20-11-5-8-17(20)23)14-22(30)24(31)21-13-12-15-6-1-3-9-18(15)28-21/h1-4,6-7,9-10,12-13,17,20,23,29H,5,8,11,14,27H2,(H,32,33)/t17-,20+,23?,26?/m0/s1. The molecule has 0 amide bonds. The van der Waals surface area contributed by atoms with Crippen LogP contribution in [-0.2, 0) is 9.59 Å². The third-order valence-electron chi connectivity index (χ3n) is 7.12. The van der Waals surface area contributed by atoms with E-state index < -0.39 is 35.4 Å². The molecule has 0 radical (unpaired) electrons. The molecule has 1 aliphatic carbocycles. The predicted molar refractivity (Wildman–Crippen MR) is 124 cm³/mol. The van der Waals surface area contributed by atoms with Gasteiger partial charge in [0, 0.05) is 29.5 Å². The molecule has 1 aliphatic heterocycles. The van der Waals surface area contributed by atoms with Gasteiger partial charge in [-0.1, -0.05) is 48.9 Å². The molecule has 1 fully saturated rings. The van der Waals surface area contributed by atoms with Crippen LogP contribution < -0.4 is 11.1 Å². The van der Waals surface area contributed by atoms with Gasteiger partial charge in [-0.05, 0) is 42.5 Å². The Morgan fingerprint density at radius 3 is 2.61 bits per heavy atom. The number of nitrogens with zero attached hydrogens (tertiary/aromatic N) is 1. The van der Waals surface area contributed by atoms with Crippen LogP contribution in [-0.4, -0.2) is 39.2 Å². The number of anilines is 1. The number of fused-ring (bicyclic) bond motifs is 3. The molecule has 0 spiro atoms. The normalized spacial score (nSPS) is 23.1. The number of carbonyl (C=O) groups excluding carboxylic acids is 2. The predicted octanol–water partition coefficient (Wildman–Crippen LogP) is 3.54. The average Bonchev–Trinajstić information content (AvgIpc) is 3.29. The van der Waals surface area contributed by atoms with Crippen LogP contribution in [0.4, 0.5) is 5.69 Å². The summed E-state index contributed by atoms with van der Waals surface area (Å²) >= 11 is 0. The Kier molecular flexibility index (Phi) is 5.21. The van der Waals surface area contributed by atoms with Gasteiger partial charge in [-0.2, -0.15) is 0 Å². The molecular formula is C26H25N3O4. The molecule has 2 unspecified atom stereocenters. The first-order valence-electron chi connectivity index (χ1n) is 11.2. The van der Waals surface area contributed by atoms with Gasteiger partial charge in [0.05, 0.1) is 5.52 Å². The minimum atomic E-state index is -1.91. The maximum Gasteiger partial charge on any atom is 0.324 e. The largest absolute Gasteiger partial charge is 0.480 e. The van der Waals surface area contributed by atoms with Gasteiger partial charge in [-0.15, -0.1) is 0 Å². The molecule has 4 N–H and O–H groups in total. The lowest BCUT2D eigenvalue weighted by Crippen LogP contribution is -2.59. The number of carboxylic acids is 1. The SMILES string of the molecule is NC(CC(=O)C(=O)c1ccc2ccccc2n1)(C(=O)O)C1c2ccccc2N[C@@H]2CCC[C@H]12. The Hall–Kier alpha value is -3.58. The van der Waals surface area contributed by atoms with Gasteiger partial charge in [0.1, 0.15) is 11.2 Å². The summed E-state index contributed by atoms with van der Waals surface area (Å²) in [5.41, 5.74) is 6.88. The second-order valence-corrected chi connectivity index (χ2v) is 9.07. The highest BCUT2D eigenvalue weighted by molar-refractivity contribution is 6.43. The van der Waals surface area contributed by atoms with E-state index in [1.165, 1.54) is 6.07 Å². The Morgan fingerprint density at radius 2 is 1.79 bits per heavy atom. The van der Waals surface area contributed by atoms with Crippen molar-refractivity contribution in [2.75, 3.05) is 5.32 Å². The van der Waals surface area contributed by atoms with E-state index in [4.69, 9.17) is 5.73 Å². The second-order valence-electron chi connectivity index (χ2n) is 9.07. The van der Waals surface area contributed by atoms with E-state index in [9.17, 15) is 19.5 Å². The summed E-state index contributed by atoms with van der Waals surface area (Å²) in [5, 5.41) is 14.6. The van der Waals surface area contributed by atoms with Gasteiger partial charge in [-0.25, -0.2) is 4.98 Å². The Balaban J connectivity index is 1.49. The number of hydrogen-bond donors (Lipinski definition) is 3. The van der Waals surface area contributed by atoms with E-state index in [0.29, 0.717) is 5.52 Å². The van der Waals surface area contributed by atoms with Gasteiger partial charge in [0.15, 0.2) is 0 Å². The average molecular weight is 444 g/mol. The van der Waals surface area contributed by atoms with Gasteiger partial charge < -0.3 is 16.2 Å². The molecule has 5 rings (SSSR count). The fourth-order valence-electron chi connectivity index (χ4n) is 5.56. The van der Waals surface area contributed by atoms with Crippen LogP contribution in [0.1, 0.15) is 47.7 Å². The van der Waals surface area contributed by atoms with Crippen LogP contribution >= 0.6 is 0 Å². The van der Waals surface area contributed by atoms with Crippen molar-refractivity contribution in [2.45, 2.75) is 43.2 Å². The number of aromatic nitrogens is 1. The third kappa shape index (κ3) is 3.58. The Bertz CT molecular complexity index is 1270. The zero-order valence-corrected chi connectivity index (χ0v) is 18.0. The lowest BCUT2D eigenvalue weighted by Gasteiger charge is -2.44. The minimum absolute atomic E-state index is 0.00380. The topological polar surface area (TPSA) is 122 Å². The molecule has 2 heterocycles. The number of hydrogen-bond acceptors (Lipinski definition) is 6. The molecule has 1 aromatic heterocycles. The molecule has 4 atom stereocenters. The molecule has 7 nitrogen and oxygen atoms in total. The number of carbonyl (C=O) groups is 3. The number of para-hydroxylation sites is 2. The Labute approximate surface area is 191 Å². The number of pyridine rings is 1. The number of benzene rings is 2. The zero-order valence-electron chi connectivity index (χ0n) is 18.0. The maximum atomic E-state index is 13.1. The van der Waals surface area contributed by atoms with Crippen molar-refractivity contribution in [1.82, 2.24) is 4.98 Å². The number of nitrogens with one attached hydrogen (secondary N) is 1. The lowest BCUT2D eigenvalue weighted by molar-refractivity contribution is -0.146. The summed E-state index contributed by atoms with van der Waals surface area (Å²) in [5.74, 6) is -3.54. The highest BCUT2D eigenvalue weighted by atomic mass is 16.4. The number of aliphatic carboxylic acids is 1. The van der Waals surface area contributed by atoms with Crippen molar-refractivity contribution in [3.8, 4) is 0 Å². The first-order valence-corrected chi connectivity index (χ1v) is 11.2. The first kappa shape index (κ1) is 21.3. The lowest BCUT2D eigenvalue weighted by atomic mass is 9.66. The summed E-state index contributed by atoms with van der Waals surface area (Å²) in [6.45, 7) is 0. The number of Topliss-reactive ketones (excluding diaryl/α,β-unsaturated/α-hetero) is 2. The summed E-state index contributed by atoms with van der Waals surface area (Å²) < 4.78 is 0. The minimum Gasteiger partial charge on any atom is -0.480 e. The van der Waals surface area contributed by atoms with E-state index in [2.05, 4.69) is 10.3 Å². The van der Waals surface area contributed by atoms with Crippen LogP contribution in [0, 0.1) is 5.92 Å². The quantitative estimate of drug-likeness (QED) is 0.393. The molecule has 0 bridgehead atoms. The van der Waals surface area contributed by atoms with Gasteiger partial charge in [-0.3, -0.25) is 14.4 Å². The van der Waals surface area contributed by atoms with Crippen molar-refractivity contribution in [3.05, 3.63) is 71.9 Å². The van der Waals surface area contributed by atoms with Crippen LogP contribution in [0.25, 0.3) is 10.9 Å². The number of carboxylic acid groups (broad SMARTS) is 1. The molecule has 2 aromatic carbocycles. The van der Waals surface area contributed by atoms with E-state index in [1.807, 2.05) is 36.4 Å². The summed E-state index contributed by atoms with van der Waals surface area (Å²) in [7, 11) is 0. The molecular weight excluding hydrogens is 418 g/mol. The van der Waals surface area contributed by atoms with Crippen LogP contribution in [0.2, 0.25) is 0 Å². The van der Waals surface area contributed by atoms with Crippen molar-refractivity contribution < 1.29 is 19.5 Å². The van der Waals surface area contributed by atoms with Gasteiger partial charge in [0.25, 0.3) is 0 Å². The Morgan fingerprint density at radius 1 is 1.03 bits per heavy atom. The summed E-state index contributed by atoms with van der Waals surface area (Å²) in [6, 6.07) is 18.1. The van der Waals surface area contributed by atoms with Crippen LogP contribution in [0.15, 0.2) is 60.7 Å². The number of rotatable bonds is 6. The first-order chi connectivity index (χ1) is 15.9. The highest BCUT2D eigenvalue weighted by Crippen LogP contribution is 2.50.